The van der Waals surface area contributed by atoms with Crippen LogP contribution in [0.5, 0.6) is 0 Å². The lowest BCUT2D eigenvalue weighted by Crippen LogP contribution is -2.17. The van der Waals surface area contributed by atoms with Crippen LogP contribution in [0.25, 0.3) is 0 Å². The Morgan fingerprint density at radius 1 is 1.14 bits per heavy atom. The number of sulfone groups is 1. The molecule has 0 aromatic rings. The number of carbonyl (C=O) groups is 2. The molecular formula is C7H11BrO5S. The zero-order chi connectivity index (χ0) is 11.2. The number of carboxylic acid groups (broad SMARTS) is 1. The number of carbonyl (C=O) groups excluding carboxylic acids is 1. The van der Waals surface area contributed by atoms with E-state index >= 15 is 0 Å². The third kappa shape index (κ3) is 7.02. The predicted molar refractivity (Wildman–Crippen MR) is 54.3 cm³/mol. The van der Waals surface area contributed by atoms with E-state index in [1.54, 1.807) is 0 Å². The van der Waals surface area contributed by atoms with Gasteiger partial charge in [0.2, 0.25) is 0 Å². The first-order valence-electron chi connectivity index (χ1n) is 3.87. The molecule has 0 aliphatic carbocycles. The standard InChI is InChI=1S/C7H11BrO5S/c8-5-6(9)1-3-14(12,13)4-2-7(10)11/h1-5H2,(H,10,11). The fraction of sp³-hybridized carbons (Fsp3) is 0.714. The largest absolute Gasteiger partial charge is 0.481 e. The van der Waals surface area contributed by atoms with Crippen LogP contribution in [0, 0.1) is 0 Å². The van der Waals surface area contributed by atoms with Crippen LogP contribution in [0.1, 0.15) is 12.8 Å². The van der Waals surface area contributed by atoms with Crippen LogP contribution in [0.3, 0.4) is 0 Å². The lowest BCUT2D eigenvalue weighted by molar-refractivity contribution is -0.136. The van der Waals surface area contributed by atoms with Crippen LogP contribution < -0.4 is 0 Å². The first-order valence-corrected chi connectivity index (χ1v) is 6.81. The second-order valence-electron chi connectivity index (χ2n) is 2.72. The fourth-order valence-corrected chi connectivity index (χ4v) is 2.19. The van der Waals surface area contributed by atoms with Crippen LogP contribution in [0.15, 0.2) is 0 Å². The van der Waals surface area contributed by atoms with Crippen molar-refractivity contribution in [1.29, 1.82) is 0 Å². The summed E-state index contributed by atoms with van der Waals surface area (Å²) in [6, 6.07) is 0. The van der Waals surface area contributed by atoms with Gasteiger partial charge in [-0.2, -0.15) is 0 Å². The highest BCUT2D eigenvalue weighted by atomic mass is 79.9. The first-order chi connectivity index (χ1) is 6.37. The van der Waals surface area contributed by atoms with Gasteiger partial charge in [-0.1, -0.05) is 15.9 Å². The van der Waals surface area contributed by atoms with E-state index in [1.807, 2.05) is 0 Å². The van der Waals surface area contributed by atoms with Gasteiger partial charge < -0.3 is 5.11 Å². The summed E-state index contributed by atoms with van der Waals surface area (Å²) in [5, 5.41) is 8.39. The van der Waals surface area contributed by atoms with Gasteiger partial charge in [-0.25, -0.2) is 8.42 Å². The Bertz CT molecular complexity index is 308. The summed E-state index contributed by atoms with van der Waals surface area (Å²) < 4.78 is 22.2. The van der Waals surface area contributed by atoms with E-state index in [0.717, 1.165) is 0 Å². The number of rotatable bonds is 7. The average Bonchev–Trinajstić information content (AvgIpc) is 2.11. The fourth-order valence-electron chi connectivity index (χ4n) is 0.681. The van der Waals surface area contributed by atoms with E-state index in [9.17, 15) is 18.0 Å². The summed E-state index contributed by atoms with van der Waals surface area (Å²) in [5.41, 5.74) is 0. The molecule has 0 aromatic carbocycles. The smallest absolute Gasteiger partial charge is 0.304 e. The van der Waals surface area contributed by atoms with E-state index in [2.05, 4.69) is 15.9 Å². The molecule has 0 aliphatic heterocycles. The maximum absolute atomic E-state index is 11.1. The first kappa shape index (κ1) is 13.6. The molecule has 0 radical (unpaired) electrons. The molecule has 0 saturated carbocycles. The molecule has 0 aromatic heterocycles. The molecule has 0 unspecified atom stereocenters. The van der Waals surface area contributed by atoms with E-state index < -0.39 is 28.0 Å². The average molecular weight is 287 g/mol. The monoisotopic (exact) mass is 286 g/mol. The summed E-state index contributed by atoms with van der Waals surface area (Å²) >= 11 is 2.91. The SMILES string of the molecule is O=C(O)CCS(=O)(=O)CCC(=O)CBr. The molecule has 0 fully saturated rings. The molecule has 5 nitrogen and oxygen atoms in total. The maximum Gasteiger partial charge on any atom is 0.304 e. The minimum absolute atomic E-state index is 0.0623. The molecule has 0 amide bonds. The number of hydrogen-bond donors (Lipinski definition) is 1. The normalized spacial score (nSPS) is 11.2. The van der Waals surface area contributed by atoms with E-state index in [0.29, 0.717) is 0 Å². The Morgan fingerprint density at radius 3 is 2.07 bits per heavy atom. The molecule has 0 heterocycles. The van der Waals surface area contributed by atoms with Crippen LogP contribution in [-0.2, 0) is 19.4 Å². The molecule has 7 heteroatoms. The molecular weight excluding hydrogens is 276 g/mol. The third-order valence-electron chi connectivity index (χ3n) is 1.47. The van der Waals surface area contributed by atoms with Crippen LogP contribution in [0.4, 0.5) is 0 Å². The predicted octanol–water partition coefficient (Wildman–Crippen LogP) is 0.230. The summed E-state index contributed by atoms with van der Waals surface area (Å²) in [7, 11) is -3.40. The summed E-state index contributed by atoms with van der Waals surface area (Å²) in [5.74, 6) is -2.04. The van der Waals surface area contributed by atoms with E-state index in [-0.39, 0.29) is 23.3 Å². The van der Waals surface area contributed by atoms with Crippen molar-refractivity contribution < 1.29 is 23.1 Å². The quantitative estimate of drug-likeness (QED) is 0.677. The highest BCUT2D eigenvalue weighted by Gasteiger charge is 2.14. The van der Waals surface area contributed by atoms with Crippen molar-refractivity contribution in [2.24, 2.45) is 0 Å². The Kier molecular flexibility index (Phi) is 5.94. The van der Waals surface area contributed by atoms with Gasteiger partial charge in [0, 0.05) is 6.42 Å². The number of hydrogen-bond acceptors (Lipinski definition) is 4. The molecule has 1 N–H and O–H groups in total. The molecule has 0 saturated heterocycles. The molecule has 14 heavy (non-hydrogen) atoms. The number of Topliss-reactive ketones (excluding diaryl/α,β-unsaturated/α-hetero) is 1. The van der Waals surface area contributed by atoms with Gasteiger partial charge in [0.1, 0.15) is 5.78 Å². The van der Waals surface area contributed by atoms with Crippen molar-refractivity contribution in [1.82, 2.24) is 0 Å². The van der Waals surface area contributed by atoms with Crippen LogP contribution >= 0.6 is 15.9 Å². The van der Waals surface area contributed by atoms with Gasteiger partial charge in [0.15, 0.2) is 9.84 Å². The minimum atomic E-state index is -3.40. The molecule has 0 bridgehead atoms. The Balaban J connectivity index is 3.96. The lowest BCUT2D eigenvalue weighted by atomic mass is 10.4. The summed E-state index contributed by atoms with van der Waals surface area (Å²) in [6.45, 7) is 0. The van der Waals surface area contributed by atoms with Gasteiger partial charge in [0.05, 0.1) is 23.3 Å². The number of alkyl halides is 1. The topological polar surface area (TPSA) is 88.5 Å². The molecule has 0 spiro atoms. The van der Waals surface area contributed by atoms with E-state index in [4.69, 9.17) is 5.11 Å². The van der Waals surface area contributed by atoms with Crippen LogP contribution in [0.2, 0.25) is 0 Å². The number of halogens is 1. The zero-order valence-corrected chi connectivity index (χ0v) is 9.80. The number of ketones is 1. The van der Waals surface area contributed by atoms with Crippen molar-refractivity contribution in [3.63, 3.8) is 0 Å². The molecule has 0 rings (SSSR count). The second kappa shape index (κ2) is 6.13. The Morgan fingerprint density at radius 2 is 1.64 bits per heavy atom. The lowest BCUT2D eigenvalue weighted by Gasteiger charge is -2.00. The minimum Gasteiger partial charge on any atom is -0.481 e. The molecule has 82 valence electrons. The Hall–Kier alpha value is -0.430. The zero-order valence-electron chi connectivity index (χ0n) is 7.40. The van der Waals surface area contributed by atoms with Gasteiger partial charge in [-0.3, -0.25) is 9.59 Å². The summed E-state index contributed by atoms with van der Waals surface area (Å²) in [6.07, 6.45) is -0.474. The maximum atomic E-state index is 11.1. The van der Waals surface area contributed by atoms with Gasteiger partial charge >= 0.3 is 5.97 Å². The number of aliphatic carboxylic acids is 1. The van der Waals surface area contributed by atoms with Crippen molar-refractivity contribution in [2.75, 3.05) is 16.8 Å². The highest BCUT2D eigenvalue weighted by molar-refractivity contribution is 9.09. The van der Waals surface area contributed by atoms with Crippen LogP contribution in [-0.4, -0.2) is 42.1 Å². The second-order valence-corrected chi connectivity index (χ2v) is 5.58. The van der Waals surface area contributed by atoms with Gasteiger partial charge in [-0.05, 0) is 0 Å². The third-order valence-corrected chi connectivity index (χ3v) is 3.75. The molecule has 0 atom stereocenters. The highest BCUT2D eigenvalue weighted by Crippen LogP contribution is 1.99. The summed E-state index contributed by atoms with van der Waals surface area (Å²) in [4.78, 5) is 20.9. The molecule has 0 aliphatic rings. The van der Waals surface area contributed by atoms with Crippen molar-refractivity contribution in [3.05, 3.63) is 0 Å². The van der Waals surface area contributed by atoms with E-state index in [1.165, 1.54) is 0 Å². The van der Waals surface area contributed by atoms with Crippen molar-refractivity contribution in [3.8, 4) is 0 Å². The van der Waals surface area contributed by atoms with Gasteiger partial charge in [-0.15, -0.1) is 0 Å². The van der Waals surface area contributed by atoms with Gasteiger partial charge in [0.25, 0.3) is 0 Å². The van der Waals surface area contributed by atoms with Crippen molar-refractivity contribution >= 4 is 37.5 Å². The Labute approximate surface area is 90.5 Å². The number of carboxylic acids is 1. The van der Waals surface area contributed by atoms with Crippen molar-refractivity contribution in [2.45, 2.75) is 12.8 Å².